The Morgan fingerprint density at radius 1 is 0.949 bits per heavy atom. The van der Waals surface area contributed by atoms with Gasteiger partial charge in [0.05, 0.1) is 23.2 Å². The molecule has 0 spiro atoms. The van der Waals surface area contributed by atoms with Gasteiger partial charge in [-0.1, -0.05) is 46.1 Å². The fourth-order valence-electron chi connectivity index (χ4n) is 4.74. The van der Waals surface area contributed by atoms with Crippen LogP contribution in [0, 0.1) is 6.92 Å². The highest BCUT2D eigenvalue weighted by Gasteiger charge is 2.25. The van der Waals surface area contributed by atoms with Crippen molar-refractivity contribution in [2.45, 2.75) is 79.1 Å². The monoisotopic (exact) mass is 555 g/mol. The molecular weight excluding hydrogens is 512 g/mol. The van der Waals surface area contributed by atoms with Crippen LogP contribution >= 0.6 is 0 Å². The number of rotatable bonds is 18. The lowest BCUT2D eigenvalue weighted by Crippen LogP contribution is -2.28. The fraction of sp³-hybridized carbons (Fsp3) is 0.516. The third kappa shape index (κ3) is 8.65. The molecule has 39 heavy (non-hydrogen) atoms. The number of hydrogen-bond acceptors (Lipinski definition) is 6. The smallest absolute Gasteiger partial charge is 0.197 e. The minimum Gasteiger partial charge on any atom is -0.755 e. The summed E-state index contributed by atoms with van der Waals surface area (Å²) in [4.78, 5) is 16.3. The zero-order chi connectivity index (χ0) is 28.2. The minimum absolute atomic E-state index is 0.195. The molecule has 3 aromatic rings. The summed E-state index contributed by atoms with van der Waals surface area (Å²) in [5, 5.41) is 0.506. The van der Waals surface area contributed by atoms with E-state index in [1.807, 2.05) is 12.1 Å². The summed E-state index contributed by atoms with van der Waals surface area (Å²) in [6, 6.07) is 10.8. The highest BCUT2D eigenvalue weighted by molar-refractivity contribution is 7.80. The Balaban J connectivity index is 1.75. The SMILES string of the molecule is CCCCc1oc2ccc(C)c(NS(=O)[O-])c2c1C(=O)c1ccc(OCCCN(CCCC)CCCC)cc1. The summed E-state index contributed by atoms with van der Waals surface area (Å²) in [6.45, 7) is 12.2. The van der Waals surface area contributed by atoms with Gasteiger partial charge in [-0.3, -0.25) is 9.00 Å². The van der Waals surface area contributed by atoms with Crippen molar-refractivity contribution >= 4 is 33.7 Å². The van der Waals surface area contributed by atoms with Crippen LogP contribution in [-0.4, -0.2) is 45.7 Å². The van der Waals surface area contributed by atoms with Gasteiger partial charge in [0.2, 0.25) is 0 Å². The summed E-state index contributed by atoms with van der Waals surface area (Å²) in [6.07, 6.45) is 8.20. The molecule has 0 bridgehead atoms. The Bertz CT molecular complexity index is 1210. The van der Waals surface area contributed by atoms with E-state index in [2.05, 4.69) is 30.4 Å². The van der Waals surface area contributed by atoms with Crippen LogP contribution in [0.2, 0.25) is 0 Å². The van der Waals surface area contributed by atoms with E-state index in [9.17, 15) is 13.6 Å². The molecule has 1 heterocycles. The first-order valence-electron chi connectivity index (χ1n) is 14.3. The van der Waals surface area contributed by atoms with Crippen molar-refractivity contribution in [3.8, 4) is 5.75 Å². The summed E-state index contributed by atoms with van der Waals surface area (Å²) >= 11 is -2.53. The van der Waals surface area contributed by atoms with Crippen LogP contribution in [0.5, 0.6) is 5.75 Å². The third-order valence-electron chi connectivity index (χ3n) is 6.97. The van der Waals surface area contributed by atoms with Gasteiger partial charge >= 0.3 is 0 Å². The number of ether oxygens (including phenoxy) is 1. The largest absolute Gasteiger partial charge is 0.755 e. The Kier molecular flexibility index (Phi) is 12.5. The van der Waals surface area contributed by atoms with Gasteiger partial charge in [0.1, 0.15) is 17.1 Å². The zero-order valence-electron chi connectivity index (χ0n) is 23.8. The predicted molar refractivity (Wildman–Crippen MR) is 158 cm³/mol. The highest BCUT2D eigenvalue weighted by atomic mass is 32.2. The number of nitrogens with zero attached hydrogens (tertiary/aromatic N) is 1. The quantitative estimate of drug-likeness (QED) is 0.101. The predicted octanol–water partition coefficient (Wildman–Crippen LogP) is 7.19. The second kappa shape index (κ2) is 15.8. The first kappa shape index (κ1) is 30.9. The molecule has 1 unspecified atom stereocenters. The Morgan fingerprint density at radius 3 is 2.21 bits per heavy atom. The molecule has 1 N–H and O–H groups in total. The molecule has 2 aromatic carbocycles. The number of benzene rings is 2. The average molecular weight is 556 g/mol. The normalized spacial score (nSPS) is 12.3. The van der Waals surface area contributed by atoms with Crippen LogP contribution in [0.25, 0.3) is 11.0 Å². The van der Waals surface area contributed by atoms with Gasteiger partial charge in [-0.15, -0.1) is 0 Å². The van der Waals surface area contributed by atoms with Crippen molar-refractivity contribution in [2.24, 2.45) is 0 Å². The van der Waals surface area contributed by atoms with E-state index in [1.54, 1.807) is 31.2 Å². The molecule has 1 aromatic heterocycles. The van der Waals surface area contributed by atoms with Crippen LogP contribution in [0.15, 0.2) is 40.8 Å². The van der Waals surface area contributed by atoms with Gasteiger partial charge in [0.25, 0.3) is 0 Å². The lowest BCUT2D eigenvalue weighted by molar-refractivity contribution is 0.103. The van der Waals surface area contributed by atoms with Crippen molar-refractivity contribution in [3.63, 3.8) is 0 Å². The number of aryl methyl sites for hydroxylation is 2. The van der Waals surface area contributed by atoms with Crippen molar-refractivity contribution in [1.29, 1.82) is 0 Å². The molecule has 0 saturated carbocycles. The maximum absolute atomic E-state index is 13.8. The number of ketones is 1. The number of fused-ring (bicyclic) bond motifs is 1. The first-order valence-corrected chi connectivity index (χ1v) is 15.4. The summed E-state index contributed by atoms with van der Waals surface area (Å²) in [5.41, 5.74) is 2.51. The van der Waals surface area contributed by atoms with Crippen molar-refractivity contribution < 1.29 is 22.7 Å². The number of furan rings is 1. The molecule has 214 valence electrons. The second-order valence-corrected chi connectivity index (χ2v) is 10.7. The number of hydrogen-bond donors (Lipinski definition) is 1. The van der Waals surface area contributed by atoms with Gasteiger partial charge in [-0.05, 0) is 81.6 Å². The van der Waals surface area contributed by atoms with Gasteiger partial charge in [-0.2, -0.15) is 0 Å². The van der Waals surface area contributed by atoms with Crippen molar-refractivity contribution in [3.05, 3.63) is 58.8 Å². The van der Waals surface area contributed by atoms with Gasteiger partial charge in [0, 0.05) is 29.8 Å². The van der Waals surface area contributed by atoms with Gasteiger partial charge in [-0.25, -0.2) is 0 Å². The summed E-state index contributed by atoms with van der Waals surface area (Å²) in [5.74, 6) is 1.11. The zero-order valence-corrected chi connectivity index (χ0v) is 24.7. The molecule has 0 fully saturated rings. The molecule has 0 aliphatic carbocycles. The van der Waals surface area contributed by atoms with E-state index < -0.39 is 11.3 Å². The second-order valence-electron chi connectivity index (χ2n) is 10.1. The average Bonchev–Trinajstić information content (AvgIpc) is 3.30. The van der Waals surface area contributed by atoms with Gasteiger partial charge < -0.3 is 23.3 Å². The van der Waals surface area contributed by atoms with Gasteiger partial charge in [0.15, 0.2) is 5.78 Å². The number of carbonyl (C=O) groups is 1. The minimum atomic E-state index is -2.53. The van der Waals surface area contributed by atoms with Crippen LogP contribution in [0.1, 0.15) is 93.0 Å². The van der Waals surface area contributed by atoms with Crippen LogP contribution < -0.4 is 9.46 Å². The van der Waals surface area contributed by atoms with Crippen molar-refractivity contribution in [1.82, 2.24) is 4.90 Å². The Hall–Kier alpha value is -2.68. The van der Waals surface area contributed by atoms with Crippen LogP contribution in [0.4, 0.5) is 5.69 Å². The van der Waals surface area contributed by atoms with E-state index in [0.717, 1.165) is 50.2 Å². The topological polar surface area (TPSA) is 94.8 Å². The highest BCUT2D eigenvalue weighted by Crippen LogP contribution is 2.37. The Morgan fingerprint density at radius 2 is 1.59 bits per heavy atom. The molecule has 3 rings (SSSR count). The first-order chi connectivity index (χ1) is 18.9. The van der Waals surface area contributed by atoms with E-state index in [0.29, 0.717) is 46.6 Å². The Labute approximate surface area is 235 Å². The van der Waals surface area contributed by atoms with E-state index >= 15 is 0 Å². The van der Waals surface area contributed by atoms with Crippen molar-refractivity contribution in [2.75, 3.05) is 31.0 Å². The third-order valence-corrected chi connectivity index (χ3v) is 7.34. The number of carbonyl (C=O) groups excluding carboxylic acids is 1. The van der Waals surface area contributed by atoms with Crippen LogP contribution in [0.3, 0.4) is 0 Å². The molecule has 0 aliphatic rings. The molecule has 0 saturated heterocycles. The molecule has 1 atom stereocenters. The molecule has 7 nitrogen and oxygen atoms in total. The molecule has 8 heteroatoms. The number of anilines is 1. The molecule has 0 radical (unpaired) electrons. The number of nitrogens with one attached hydrogen (secondary N) is 1. The fourth-order valence-corrected chi connectivity index (χ4v) is 5.17. The maximum atomic E-state index is 13.8. The summed E-state index contributed by atoms with van der Waals surface area (Å²) < 4.78 is 37.6. The summed E-state index contributed by atoms with van der Waals surface area (Å²) in [7, 11) is 0. The lowest BCUT2D eigenvalue weighted by Gasteiger charge is -2.21. The van der Waals surface area contributed by atoms with E-state index in [-0.39, 0.29) is 5.78 Å². The number of unbranched alkanes of at least 4 members (excludes halogenated alkanes) is 3. The van der Waals surface area contributed by atoms with Crippen LogP contribution in [-0.2, 0) is 17.7 Å². The van der Waals surface area contributed by atoms with E-state index in [4.69, 9.17) is 9.15 Å². The molecular formula is C31H43N2O5S-. The lowest BCUT2D eigenvalue weighted by atomic mass is 9.96. The van der Waals surface area contributed by atoms with E-state index in [1.165, 1.54) is 25.7 Å². The standard InChI is InChI=1S/C31H44N2O5S/c1-5-8-12-26-29(28-27(38-26)18-13-23(4)30(28)32-39(35)36)31(34)24-14-16-25(17-15-24)37-22-11-21-33(19-9-6-2)20-10-7-3/h13-18,32H,5-12,19-22H2,1-4H3,(H,35,36)/p-1. The molecule has 0 amide bonds. The molecule has 0 aliphatic heterocycles. The maximum Gasteiger partial charge on any atom is 0.197 e.